The van der Waals surface area contributed by atoms with Crippen molar-refractivity contribution in [2.75, 3.05) is 0 Å². The van der Waals surface area contributed by atoms with Crippen molar-refractivity contribution in [1.29, 1.82) is 0 Å². The number of hydrogen-bond donors (Lipinski definition) is 0. The minimum atomic E-state index is -0.00235. The summed E-state index contributed by atoms with van der Waals surface area (Å²) in [4.78, 5) is 0. The molecule has 0 fully saturated rings. The number of furan rings is 1. The van der Waals surface area contributed by atoms with Crippen molar-refractivity contribution in [3.63, 3.8) is 0 Å². The van der Waals surface area contributed by atoms with Crippen molar-refractivity contribution in [3.8, 4) is 0 Å². The average molecular weight is 391 g/mol. The summed E-state index contributed by atoms with van der Waals surface area (Å²) in [6.07, 6.45) is 7.19. The summed E-state index contributed by atoms with van der Waals surface area (Å²) in [5, 5.41) is 2.35. The molecule has 1 nitrogen and oxygen atoms in total. The molecule has 0 bridgehead atoms. The van der Waals surface area contributed by atoms with E-state index in [0.29, 0.717) is 0 Å². The minimum Gasteiger partial charge on any atom is -0.456 e. The molecule has 0 unspecified atom stereocenters. The zero-order valence-electron chi connectivity index (χ0n) is 17.8. The lowest BCUT2D eigenvalue weighted by Gasteiger charge is -2.21. The molecule has 1 aliphatic rings. The molecule has 1 heteroatoms. The lowest BCUT2D eigenvalue weighted by Crippen LogP contribution is -2.15. The van der Waals surface area contributed by atoms with Crippen LogP contribution in [0.1, 0.15) is 43.0 Å². The Kier molecular flexibility index (Phi) is 4.29. The molecule has 0 spiro atoms. The number of para-hydroxylation sites is 1. The summed E-state index contributed by atoms with van der Waals surface area (Å²) in [6.45, 7) is 10.7. The second-order valence-electron chi connectivity index (χ2n) is 8.59. The zero-order valence-corrected chi connectivity index (χ0v) is 17.8. The highest BCUT2D eigenvalue weighted by atomic mass is 16.3. The van der Waals surface area contributed by atoms with Crippen LogP contribution < -0.4 is 0 Å². The standard InChI is InChI=1S/C29H26O/c1-5-10-23-24(6-2)29(3,4)25-13-9-11-20(28(23)25)17-19-15-16-22-21-12-7-8-14-26(21)30-27(22)18-19/h5-16,18H,1,17H2,2-4H3/b23-10+,24-6+. The Morgan fingerprint density at radius 3 is 2.53 bits per heavy atom. The summed E-state index contributed by atoms with van der Waals surface area (Å²) in [5.74, 6) is 0. The highest BCUT2D eigenvalue weighted by Crippen LogP contribution is 2.51. The molecule has 0 aliphatic heterocycles. The fourth-order valence-electron chi connectivity index (χ4n) is 5.11. The molecule has 1 aromatic heterocycles. The van der Waals surface area contributed by atoms with Gasteiger partial charge in [-0.2, -0.15) is 0 Å². The quantitative estimate of drug-likeness (QED) is 0.345. The van der Waals surface area contributed by atoms with E-state index < -0.39 is 0 Å². The number of fused-ring (bicyclic) bond motifs is 4. The summed E-state index contributed by atoms with van der Waals surface area (Å²) < 4.78 is 6.12. The van der Waals surface area contributed by atoms with Crippen LogP contribution >= 0.6 is 0 Å². The van der Waals surface area contributed by atoms with E-state index in [2.05, 4.69) is 88.0 Å². The Labute approximate surface area is 178 Å². The smallest absolute Gasteiger partial charge is 0.135 e. The molecule has 1 aliphatic carbocycles. The van der Waals surface area contributed by atoms with Gasteiger partial charge in [-0.1, -0.05) is 87.2 Å². The van der Waals surface area contributed by atoms with Crippen LogP contribution in [0.4, 0.5) is 0 Å². The Morgan fingerprint density at radius 2 is 1.73 bits per heavy atom. The third kappa shape index (κ3) is 2.69. The van der Waals surface area contributed by atoms with E-state index in [1.807, 2.05) is 18.2 Å². The molecule has 0 saturated heterocycles. The van der Waals surface area contributed by atoms with Crippen LogP contribution in [0, 0.1) is 0 Å². The van der Waals surface area contributed by atoms with Gasteiger partial charge in [0.2, 0.25) is 0 Å². The topological polar surface area (TPSA) is 13.1 Å². The lowest BCUT2D eigenvalue weighted by atomic mass is 9.82. The summed E-state index contributed by atoms with van der Waals surface area (Å²) in [7, 11) is 0. The summed E-state index contributed by atoms with van der Waals surface area (Å²) in [6, 6.07) is 21.6. The Hall–Kier alpha value is -3.32. The fourth-order valence-corrected chi connectivity index (χ4v) is 5.11. The molecular formula is C29H26O. The number of benzene rings is 3. The van der Waals surface area contributed by atoms with Crippen LogP contribution in [0.5, 0.6) is 0 Å². The number of hydrogen-bond acceptors (Lipinski definition) is 1. The molecule has 0 radical (unpaired) electrons. The summed E-state index contributed by atoms with van der Waals surface area (Å²) >= 11 is 0. The van der Waals surface area contributed by atoms with Crippen molar-refractivity contribution in [1.82, 2.24) is 0 Å². The monoisotopic (exact) mass is 390 g/mol. The lowest BCUT2D eigenvalue weighted by molar-refractivity contribution is 0.659. The van der Waals surface area contributed by atoms with Gasteiger partial charge in [0.05, 0.1) is 0 Å². The molecule has 5 rings (SSSR count). The molecule has 0 N–H and O–H groups in total. The first kappa shape index (κ1) is 18.7. The molecule has 148 valence electrons. The van der Waals surface area contributed by atoms with E-state index in [1.165, 1.54) is 44.2 Å². The maximum atomic E-state index is 6.12. The highest BCUT2D eigenvalue weighted by Gasteiger charge is 2.38. The van der Waals surface area contributed by atoms with E-state index in [-0.39, 0.29) is 5.41 Å². The van der Waals surface area contributed by atoms with E-state index in [9.17, 15) is 0 Å². The van der Waals surface area contributed by atoms with Crippen LogP contribution in [-0.4, -0.2) is 0 Å². The van der Waals surface area contributed by atoms with Crippen LogP contribution in [0.15, 0.2) is 95.5 Å². The van der Waals surface area contributed by atoms with Crippen molar-refractivity contribution in [2.24, 2.45) is 0 Å². The number of allylic oxidation sites excluding steroid dienone is 5. The molecule has 1 heterocycles. The van der Waals surface area contributed by atoms with Gasteiger partial charge in [-0.25, -0.2) is 0 Å². The molecule has 4 aromatic rings. The van der Waals surface area contributed by atoms with E-state index in [0.717, 1.165) is 17.6 Å². The third-order valence-corrected chi connectivity index (χ3v) is 6.47. The molecule has 0 saturated carbocycles. The van der Waals surface area contributed by atoms with Gasteiger partial charge < -0.3 is 4.42 Å². The van der Waals surface area contributed by atoms with Crippen molar-refractivity contribution >= 4 is 27.5 Å². The van der Waals surface area contributed by atoms with Gasteiger partial charge in [-0.05, 0) is 58.9 Å². The van der Waals surface area contributed by atoms with Crippen LogP contribution in [-0.2, 0) is 11.8 Å². The van der Waals surface area contributed by atoms with Crippen molar-refractivity contribution in [2.45, 2.75) is 32.6 Å². The van der Waals surface area contributed by atoms with E-state index >= 15 is 0 Å². The Bertz CT molecular complexity index is 1360. The maximum Gasteiger partial charge on any atom is 0.135 e. The van der Waals surface area contributed by atoms with Gasteiger partial charge in [0.15, 0.2) is 0 Å². The summed E-state index contributed by atoms with van der Waals surface area (Å²) in [5.41, 5.74) is 9.94. The maximum absolute atomic E-state index is 6.12. The van der Waals surface area contributed by atoms with Gasteiger partial charge >= 0.3 is 0 Å². The third-order valence-electron chi connectivity index (χ3n) is 6.47. The van der Waals surface area contributed by atoms with Gasteiger partial charge in [0, 0.05) is 16.2 Å². The van der Waals surface area contributed by atoms with Gasteiger partial charge in [-0.15, -0.1) is 0 Å². The molecule has 30 heavy (non-hydrogen) atoms. The largest absolute Gasteiger partial charge is 0.456 e. The minimum absolute atomic E-state index is 0.00235. The Morgan fingerprint density at radius 1 is 0.933 bits per heavy atom. The fraction of sp³-hybridized carbons (Fsp3) is 0.172. The van der Waals surface area contributed by atoms with Gasteiger partial charge in [-0.3, -0.25) is 0 Å². The van der Waals surface area contributed by atoms with Crippen molar-refractivity contribution < 1.29 is 4.42 Å². The van der Waals surface area contributed by atoms with Crippen molar-refractivity contribution in [3.05, 3.63) is 113 Å². The predicted octanol–water partition coefficient (Wildman–Crippen LogP) is 7.98. The SMILES string of the molecule is C=C/C=C1\C(=C/C)C(C)(C)c2cccc(Cc3ccc4c(c3)oc3ccccc34)c21. The second-order valence-corrected chi connectivity index (χ2v) is 8.59. The predicted molar refractivity (Wildman–Crippen MR) is 128 cm³/mol. The molecule has 0 amide bonds. The van der Waals surface area contributed by atoms with E-state index in [4.69, 9.17) is 4.42 Å². The number of rotatable bonds is 3. The Balaban J connectivity index is 1.63. The molecule has 3 aromatic carbocycles. The molecular weight excluding hydrogens is 364 g/mol. The van der Waals surface area contributed by atoms with Gasteiger partial charge in [0.25, 0.3) is 0 Å². The first-order chi connectivity index (χ1) is 14.5. The zero-order chi connectivity index (χ0) is 20.9. The first-order valence-electron chi connectivity index (χ1n) is 10.6. The van der Waals surface area contributed by atoms with Crippen LogP contribution in [0.2, 0.25) is 0 Å². The molecule has 0 atom stereocenters. The second kappa shape index (κ2) is 6.88. The van der Waals surface area contributed by atoms with Crippen LogP contribution in [0.25, 0.3) is 27.5 Å². The first-order valence-corrected chi connectivity index (χ1v) is 10.6. The van der Waals surface area contributed by atoms with E-state index in [1.54, 1.807) is 0 Å². The van der Waals surface area contributed by atoms with Crippen LogP contribution in [0.3, 0.4) is 0 Å². The normalized spacial score (nSPS) is 17.8. The highest BCUT2D eigenvalue weighted by molar-refractivity contribution is 6.05. The average Bonchev–Trinajstić information content (AvgIpc) is 3.21. The van der Waals surface area contributed by atoms with Gasteiger partial charge in [0.1, 0.15) is 11.2 Å².